The van der Waals surface area contributed by atoms with E-state index >= 15 is 0 Å². The SMILES string of the molecule is CC1C=c2cc3ccccc3cc2=CC1C. The minimum absolute atomic E-state index is 0.647. The number of rotatable bonds is 0. The summed E-state index contributed by atoms with van der Waals surface area (Å²) in [5, 5.41) is 5.47. The topological polar surface area (TPSA) is 0 Å². The molecule has 80 valence electrons. The Morgan fingerprint density at radius 2 is 1.19 bits per heavy atom. The standard InChI is InChI=1S/C16H16/c1-11-7-15-9-13-5-3-4-6-14(13)10-16(15)8-12(11)2/h3-12H,1-2H3. The van der Waals surface area contributed by atoms with Crippen LogP contribution in [0.4, 0.5) is 0 Å². The minimum Gasteiger partial charge on any atom is -0.0732 e. The van der Waals surface area contributed by atoms with Gasteiger partial charge in [-0.3, -0.25) is 0 Å². The maximum absolute atomic E-state index is 2.40. The van der Waals surface area contributed by atoms with Gasteiger partial charge in [-0.1, -0.05) is 50.3 Å². The molecule has 16 heavy (non-hydrogen) atoms. The summed E-state index contributed by atoms with van der Waals surface area (Å²) in [5.74, 6) is 1.29. The lowest BCUT2D eigenvalue weighted by molar-refractivity contribution is 0.608. The molecule has 0 spiro atoms. The van der Waals surface area contributed by atoms with E-state index in [0.29, 0.717) is 11.8 Å². The number of benzene rings is 2. The van der Waals surface area contributed by atoms with Gasteiger partial charge in [-0.2, -0.15) is 0 Å². The molecule has 2 aromatic rings. The minimum atomic E-state index is 0.647. The molecule has 0 bridgehead atoms. The Hall–Kier alpha value is -1.56. The largest absolute Gasteiger partial charge is 0.0732 e. The van der Waals surface area contributed by atoms with Crippen LogP contribution in [0, 0.1) is 11.8 Å². The van der Waals surface area contributed by atoms with Gasteiger partial charge in [0, 0.05) is 0 Å². The lowest BCUT2D eigenvalue weighted by Crippen LogP contribution is -2.31. The van der Waals surface area contributed by atoms with Gasteiger partial charge in [0.25, 0.3) is 0 Å². The third-order valence-electron chi connectivity index (χ3n) is 3.67. The van der Waals surface area contributed by atoms with Crippen LogP contribution in [-0.4, -0.2) is 0 Å². The maximum Gasteiger partial charge on any atom is -0.0178 e. The first-order valence-electron chi connectivity index (χ1n) is 5.96. The molecule has 0 radical (unpaired) electrons. The maximum atomic E-state index is 2.40. The summed E-state index contributed by atoms with van der Waals surface area (Å²) >= 11 is 0. The molecule has 1 aliphatic rings. The highest BCUT2D eigenvalue weighted by molar-refractivity contribution is 5.83. The highest BCUT2D eigenvalue weighted by atomic mass is 14.1. The lowest BCUT2D eigenvalue weighted by atomic mass is 9.89. The number of fused-ring (bicyclic) bond motifs is 2. The Morgan fingerprint density at radius 1 is 0.750 bits per heavy atom. The van der Waals surface area contributed by atoms with E-state index in [1.807, 2.05) is 0 Å². The summed E-state index contributed by atoms with van der Waals surface area (Å²) in [7, 11) is 0. The summed E-state index contributed by atoms with van der Waals surface area (Å²) in [4.78, 5) is 0. The van der Waals surface area contributed by atoms with Crippen molar-refractivity contribution in [2.24, 2.45) is 11.8 Å². The van der Waals surface area contributed by atoms with Crippen LogP contribution in [0.15, 0.2) is 36.4 Å². The zero-order valence-electron chi connectivity index (χ0n) is 9.77. The first kappa shape index (κ1) is 9.65. The van der Waals surface area contributed by atoms with Gasteiger partial charge in [0.05, 0.1) is 0 Å². The van der Waals surface area contributed by atoms with Gasteiger partial charge < -0.3 is 0 Å². The molecule has 3 rings (SSSR count). The van der Waals surface area contributed by atoms with E-state index in [1.165, 1.54) is 21.2 Å². The van der Waals surface area contributed by atoms with Gasteiger partial charge in [0.1, 0.15) is 0 Å². The molecule has 0 aromatic heterocycles. The Labute approximate surface area is 95.9 Å². The van der Waals surface area contributed by atoms with E-state index in [9.17, 15) is 0 Å². The average Bonchev–Trinajstić information content (AvgIpc) is 2.28. The average molecular weight is 208 g/mol. The van der Waals surface area contributed by atoms with Gasteiger partial charge in [0.15, 0.2) is 0 Å². The van der Waals surface area contributed by atoms with E-state index < -0.39 is 0 Å². The third-order valence-corrected chi connectivity index (χ3v) is 3.67. The molecule has 0 heterocycles. The van der Waals surface area contributed by atoms with E-state index in [4.69, 9.17) is 0 Å². The van der Waals surface area contributed by atoms with Crippen molar-refractivity contribution in [3.05, 3.63) is 46.8 Å². The predicted molar refractivity (Wildman–Crippen MR) is 70.5 cm³/mol. The molecule has 1 aliphatic carbocycles. The molecular weight excluding hydrogens is 192 g/mol. The van der Waals surface area contributed by atoms with Gasteiger partial charge in [-0.15, -0.1) is 0 Å². The van der Waals surface area contributed by atoms with Crippen LogP contribution in [0.25, 0.3) is 22.9 Å². The van der Waals surface area contributed by atoms with E-state index in [2.05, 4.69) is 62.4 Å². The predicted octanol–water partition coefficient (Wildman–Crippen LogP) is 2.69. The van der Waals surface area contributed by atoms with E-state index in [-0.39, 0.29) is 0 Å². The smallest absolute Gasteiger partial charge is 0.0178 e. The zero-order valence-corrected chi connectivity index (χ0v) is 9.77. The second-order valence-corrected chi connectivity index (χ2v) is 4.88. The summed E-state index contributed by atoms with van der Waals surface area (Å²) in [6.45, 7) is 4.58. The van der Waals surface area contributed by atoms with Crippen molar-refractivity contribution in [2.45, 2.75) is 13.8 Å². The Morgan fingerprint density at radius 3 is 1.62 bits per heavy atom. The molecular formula is C16H16. The van der Waals surface area contributed by atoms with Crippen LogP contribution in [0.2, 0.25) is 0 Å². The molecule has 0 aliphatic heterocycles. The molecule has 0 amide bonds. The lowest BCUT2D eigenvalue weighted by Gasteiger charge is -2.16. The Bertz CT molecular complexity index is 591. The van der Waals surface area contributed by atoms with Crippen molar-refractivity contribution in [1.82, 2.24) is 0 Å². The van der Waals surface area contributed by atoms with Crippen LogP contribution in [0.3, 0.4) is 0 Å². The van der Waals surface area contributed by atoms with Crippen LogP contribution in [0.5, 0.6) is 0 Å². The fraction of sp³-hybridized carbons (Fsp3) is 0.250. The van der Waals surface area contributed by atoms with E-state index in [0.717, 1.165) is 0 Å². The van der Waals surface area contributed by atoms with Crippen molar-refractivity contribution in [3.8, 4) is 0 Å². The summed E-state index contributed by atoms with van der Waals surface area (Å²) in [6.07, 6.45) is 4.79. The van der Waals surface area contributed by atoms with Gasteiger partial charge in [-0.05, 0) is 45.2 Å². The normalized spacial score (nSPS) is 23.4. The van der Waals surface area contributed by atoms with Crippen molar-refractivity contribution >= 4 is 22.9 Å². The van der Waals surface area contributed by atoms with Crippen LogP contribution >= 0.6 is 0 Å². The molecule has 0 fully saturated rings. The second kappa shape index (κ2) is 3.48. The third kappa shape index (κ3) is 1.46. The van der Waals surface area contributed by atoms with Crippen LogP contribution < -0.4 is 10.4 Å². The molecule has 2 atom stereocenters. The molecule has 0 saturated heterocycles. The van der Waals surface area contributed by atoms with Gasteiger partial charge in [-0.25, -0.2) is 0 Å². The van der Waals surface area contributed by atoms with Crippen molar-refractivity contribution in [2.75, 3.05) is 0 Å². The van der Waals surface area contributed by atoms with E-state index in [1.54, 1.807) is 0 Å². The summed E-state index contributed by atoms with van der Waals surface area (Å²) < 4.78 is 0. The molecule has 0 nitrogen and oxygen atoms in total. The molecule has 0 heteroatoms. The monoisotopic (exact) mass is 208 g/mol. The quantitative estimate of drug-likeness (QED) is 0.624. The Kier molecular flexibility index (Phi) is 2.10. The Balaban J connectivity index is 2.41. The first-order chi connectivity index (χ1) is 7.74. The second-order valence-electron chi connectivity index (χ2n) is 4.88. The summed E-state index contributed by atoms with van der Waals surface area (Å²) in [6, 6.07) is 13.2. The highest BCUT2D eigenvalue weighted by Crippen LogP contribution is 2.16. The molecule has 2 unspecified atom stereocenters. The van der Waals surface area contributed by atoms with Crippen LogP contribution in [-0.2, 0) is 0 Å². The highest BCUT2D eigenvalue weighted by Gasteiger charge is 2.10. The van der Waals surface area contributed by atoms with Crippen molar-refractivity contribution < 1.29 is 0 Å². The van der Waals surface area contributed by atoms with Gasteiger partial charge in [0.2, 0.25) is 0 Å². The molecule has 0 N–H and O–H groups in total. The fourth-order valence-corrected chi connectivity index (χ4v) is 2.43. The molecule has 2 aromatic carbocycles. The van der Waals surface area contributed by atoms with Crippen molar-refractivity contribution in [1.29, 1.82) is 0 Å². The first-order valence-corrected chi connectivity index (χ1v) is 5.96. The van der Waals surface area contributed by atoms with Crippen molar-refractivity contribution in [3.63, 3.8) is 0 Å². The van der Waals surface area contributed by atoms with Gasteiger partial charge >= 0.3 is 0 Å². The number of hydrogen-bond donors (Lipinski definition) is 0. The fourth-order valence-electron chi connectivity index (χ4n) is 2.43. The summed E-state index contributed by atoms with van der Waals surface area (Å²) in [5.41, 5.74) is 0. The zero-order chi connectivity index (χ0) is 11.1. The molecule has 0 saturated carbocycles. The number of hydrogen-bond acceptors (Lipinski definition) is 0. The van der Waals surface area contributed by atoms with Crippen LogP contribution in [0.1, 0.15) is 13.8 Å².